The van der Waals surface area contributed by atoms with E-state index in [0.29, 0.717) is 29.0 Å². The van der Waals surface area contributed by atoms with Crippen molar-refractivity contribution in [2.45, 2.75) is 19.8 Å². The number of hydrogen-bond donors (Lipinski definition) is 2. The lowest BCUT2D eigenvalue weighted by atomic mass is 9.89. The Labute approximate surface area is 210 Å². The Morgan fingerprint density at radius 1 is 1.00 bits per heavy atom. The number of amides is 1. The number of benzene rings is 3. The number of rotatable bonds is 7. The molecule has 0 atom stereocenters. The molecule has 1 amide bonds. The lowest BCUT2D eigenvalue weighted by Crippen LogP contribution is -2.24. The van der Waals surface area contributed by atoms with Crippen molar-refractivity contribution in [2.24, 2.45) is 0 Å². The van der Waals surface area contributed by atoms with E-state index < -0.39 is 5.97 Å². The normalized spacial score (nSPS) is 11.0. The van der Waals surface area contributed by atoms with Gasteiger partial charge in [0.15, 0.2) is 0 Å². The molecule has 2 N–H and O–H groups in total. The van der Waals surface area contributed by atoms with Crippen molar-refractivity contribution in [3.63, 3.8) is 0 Å². The van der Waals surface area contributed by atoms with E-state index in [-0.39, 0.29) is 11.5 Å². The summed E-state index contributed by atoms with van der Waals surface area (Å²) < 4.78 is 8.34. The maximum atomic E-state index is 12.9. The Balaban J connectivity index is 2.06. The average Bonchev–Trinajstić information content (AvgIpc) is 2.86. The van der Waals surface area contributed by atoms with Gasteiger partial charge in [-0.25, -0.2) is 9.37 Å². The van der Waals surface area contributed by atoms with Gasteiger partial charge in [-0.3, -0.25) is 4.79 Å². The van der Waals surface area contributed by atoms with E-state index in [0.717, 1.165) is 40.4 Å². The smallest absolute Gasteiger partial charge is 0.336 e. The summed E-state index contributed by atoms with van der Waals surface area (Å²) >= 11 is 0. The third-order valence-corrected chi connectivity index (χ3v) is 6.32. The van der Waals surface area contributed by atoms with Gasteiger partial charge in [0, 0.05) is 60.5 Å². The van der Waals surface area contributed by atoms with Crippen molar-refractivity contribution in [1.82, 2.24) is 9.89 Å². The largest absolute Gasteiger partial charge is 0.478 e. The fraction of sp³-hybridized carbons (Fsp3) is 0.276. The van der Waals surface area contributed by atoms with Gasteiger partial charge in [0.05, 0.1) is 11.6 Å². The number of nitrogens with one attached hydrogen (secondary N) is 1. The maximum Gasteiger partial charge on any atom is 0.336 e. The third kappa shape index (κ3) is 4.82. The first kappa shape index (κ1) is 25.0. The number of carboxylic acids is 1. The Bertz CT molecular complexity index is 1500. The van der Waals surface area contributed by atoms with Crippen LogP contribution in [-0.2, 0) is 0 Å². The van der Waals surface area contributed by atoms with Crippen molar-refractivity contribution in [2.75, 3.05) is 39.6 Å². The van der Waals surface area contributed by atoms with Crippen LogP contribution in [0.4, 0.5) is 5.69 Å². The van der Waals surface area contributed by atoms with Gasteiger partial charge in [-0.1, -0.05) is 13.3 Å². The minimum absolute atomic E-state index is 0.127. The molecule has 2 aromatic carbocycles. The summed E-state index contributed by atoms with van der Waals surface area (Å²) in [5.74, 6) is -0.644. The number of carbonyl (C=O) groups excluding carboxylic acids is 1. The van der Waals surface area contributed by atoms with Crippen LogP contribution in [0.25, 0.3) is 33.4 Å². The molecular formula is C29H32N3O4+. The van der Waals surface area contributed by atoms with Crippen molar-refractivity contribution in [1.29, 1.82) is 0 Å². The van der Waals surface area contributed by atoms with Crippen LogP contribution in [0.1, 0.15) is 40.5 Å². The van der Waals surface area contributed by atoms with Crippen LogP contribution in [0.5, 0.6) is 0 Å². The summed E-state index contributed by atoms with van der Waals surface area (Å²) in [7, 11) is 7.82. The van der Waals surface area contributed by atoms with E-state index in [2.05, 4.69) is 12.2 Å². The van der Waals surface area contributed by atoms with Crippen LogP contribution in [0, 0.1) is 0 Å². The SMILES string of the molecule is CCCCNC(=O)c1ccc(C(=O)O)c(-c2c3ccc(=[N+](C)C)cc-3oc3cc(N(C)C)ccc23)c1. The molecule has 2 aromatic rings. The Morgan fingerprint density at radius 3 is 2.44 bits per heavy atom. The number of unbranched alkanes of at least 4 members (excludes halogenated alkanes) is 1. The molecule has 0 bridgehead atoms. The highest BCUT2D eigenvalue weighted by Crippen LogP contribution is 2.42. The molecule has 0 radical (unpaired) electrons. The van der Waals surface area contributed by atoms with Gasteiger partial charge >= 0.3 is 5.97 Å². The molecule has 36 heavy (non-hydrogen) atoms. The van der Waals surface area contributed by atoms with Gasteiger partial charge in [0.25, 0.3) is 5.91 Å². The van der Waals surface area contributed by atoms with Gasteiger partial charge in [-0.05, 0) is 48.4 Å². The van der Waals surface area contributed by atoms with E-state index in [1.807, 2.05) is 74.1 Å². The zero-order chi connectivity index (χ0) is 26.0. The first-order valence-electron chi connectivity index (χ1n) is 12.1. The van der Waals surface area contributed by atoms with Crippen LogP contribution < -0.4 is 20.1 Å². The molecule has 0 aromatic heterocycles. The topological polar surface area (TPSA) is 85.8 Å². The lowest BCUT2D eigenvalue weighted by Gasteiger charge is -2.19. The summed E-state index contributed by atoms with van der Waals surface area (Å²) in [6, 6.07) is 16.5. The molecule has 7 nitrogen and oxygen atoms in total. The molecule has 0 saturated heterocycles. The quantitative estimate of drug-likeness (QED) is 0.228. The fourth-order valence-corrected chi connectivity index (χ4v) is 4.27. The van der Waals surface area contributed by atoms with E-state index in [9.17, 15) is 14.7 Å². The Morgan fingerprint density at radius 2 is 1.78 bits per heavy atom. The fourth-order valence-electron chi connectivity index (χ4n) is 4.27. The van der Waals surface area contributed by atoms with Crippen LogP contribution in [0.3, 0.4) is 0 Å². The number of aromatic carboxylic acids is 1. The van der Waals surface area contributed by atoms with Crippen LogP contribution >= 0.6 is 0 Å². The van der Waals surface area contributed by atoms with Crippen LogP contribution in [0.15, 0.2) is 59.0 Å². The maximum absolute atomic E-state index is 12.9. The molecule has 1 heterocycles. The highest BCUT2D eigenvalue weighted by Gasteiger charge is 2.23. The number of hydrogen-bond acceptors (Lipinski definition) is 4. The van der Waals surface area contributed by atoms with Gasteiger partial charge in [-0.15, -0.1) is 0 Å². The van der Waals surface area contributed by atoms with Crippen LogP contribution in [-0.4, -0.2) is 51.7 Å². The number of nitrogens with zero attached hydrogens (tertiary/aromatic N) is 2. The predicted octanol–water partition coefficient (Wildman–Crippen LogP) is 4.53. The molecule has 4 rings (SSSR count). The lowest BCUT2D eigenvalue weighted by molar-refractivity contribution is 0.0697. The van der Waals surface area contributed by atoms with E-state index in [1.54, 1.807) is 12.1 Å². The molecule has 2 aliphatic rings. The molecular weight excluding hydrogens is 454 g/mol. The average molecular weight is 487 g/mol. The second kappa shape index (κ2) is 10.2. The van der Waals surface area contributed by atoms with Gasteiger partial charge in [-0.2, -0.15) is 0 Å². The molecule has 0 fully saturated rings. The monoisotopic (exact) mass is 486 g/mol. The first-order chi connectivity index (χ1) is 17.2. The Hall–Kier alpha value is -4.13. The second-order valence-corrected chi connectivity index (χ2v) is 9.30. The van der Waals surface area contributed by atoms with Crippen molar-refractivity contribution in [3.8, 4) is 22.5 Å². The second-order valence-electron chi connectivity index (χ2n) is 9.30. The molecule has 1 aliphatic carbocycles. The van der Waals surface area contributed by atoms with Gasteiger partial charge < -0.3 is 19.7 Å². The van der Waals surface area contributed by atoms with E-state index >= 15 is 0 Å². The highest BCUT2D eigenvalue weighted by atomic mass is 16.4. The summed E-state index contributed by atoms with van der Waals surface area (Å²) in [5, 5.41) is 14.7. The summed E-state index contributed by atoms with van der Waals surface area (Å²) in [4.78, 5) is 27.2. The van der Waals surface area contributed by atoms with Crippen molar-refractivity contribution < 1.29 is 19.1 Å². The van der Waals surface area contributed by atoms with E-state index in [4.69, 9.17) is 4.42 Å². The zero-order valence-electron chi connectivity index (χ0n) is 21.4. The van der Waals surface area contributed by atoms with Gasteiger partial charge in [0.2, 0.25) is 5.36 Å². The predicted molar refractivity (Wildman–Crippen MR) is 144 cm³/mol. The highest BCUT2D eigenvalue weighted by molar-refractivity contribution is 6.09. The number of anilines is 1. The van der Waals surface area contributed by atoms with E-state index in [1.165, 1.54) is 6.07 Å². The number of carboxylic acid groups (broad SMARTS) is 1. The number of carbonyl (C=O) groups is 2. The number of fused-ring (bicyclic) bond motifs is 2. The molecule has 186 valence electrons. The molecule has 1 aliphatic heterocycles. The minimum atomic E-state index is -1.06. The first-order valence-corrected chi connectivity index (χ1v) is 12.1. The third-order valence-electron chi connectivity index (χ3n) is 6.32. The van der Waals surface area contributed by atoms with Gasteiger partial charge in [0.1, 0.15) is 25.4 Å². The van der Waals surface area contributed by atoms with Crippen molar-refractivity contribution >= 4 is 28.5 Å². The Kier molecular flexibility index (Phi) is 7.10. The molecule has 7 heteroatoms. The summed E-state index contributed by atoms with van der Waals surface area (Å²) in [5.41, 5.74) is 4.12. The van der Waals surface area contributed by atoms with Crippen molar-refractivity contribution in [3.05, 3.63) is 71.1 Å². The summed E-state index contributed by atoms with van der Waals surface area (Å²) in [6.07, 6.45) is 1.85. The zero-order valence-corrected chi connectivity index (χ0v) is 21.4. The standard InChI is InChI=1S/C29H31N3O4/c1-6-7-14-30-28(33)18-8-11-21(29(34)35)24(15-18)27-22-12-9-19(31(2)3)16-25(22)36-26-17-20(32(4)5)10-13-23(26)27/h8-13,15-17H,6-7,14H2,1-5H3,(H-,30,33,34,35)/p+1. The molecule has 0 spiro atoms. The minimum Gasteiger partial charge on any atom is -0.478 e. The molecule has 0 unspecified atom stereocenters. The summed E-state index contributed by atoms with van der Waals surface area (Å²) in [6.45, 7) is 2.63. The molecule has 0 saturated carbocycles. The van der Waals surface area contributed by atoms with Crippen LogP contribution in [0.2, 0.25) is 0 Å².